The summed E-state index contributed by atoms with van der Waals surface area (Å²) in [4.78, 5) is 20.0. The molecular formula is C22H15FN4OS. The van der Waals surface area contributed by atoms with E-state index in [4.69, 9.17) is 0 Å². The lowest BCUT2D eigenvalue weighted by molar-refractivity contribution is -0.113. The van der Waals surface area contributed by atoms with E-state index in [-0.39, 0.29) is 17.5 Å². The number of anilines is 1. The van der Waals surface area contributed by atoms with Gasteiger partial charge in [0.05, 0.1) is 17.0 Å². The van der Waals surface area contributed by atoms with Gasteiger partial charge in [0.25, 0.3) is 0 Å². The first-order valence-corrected chi connectivity index (χ1v) is 9.78. The lowest BCUT2D eigenvalue weighted by Gasteiger charge is -2.08. The number of aromatic amines is 1. The summed E-state index contributed by atoms with van der Waals surface area (Å²) in [5.74, 6) is -0.415. The number of aromatic nitrogens is 2. The quantitative estimate of drug-likeness (QED) is 0.462. The Bertz CT molecular complexity index is 1230. The van der Waals surface area contributed by atoms with Gasteiger partial charge in [0.1, 0.15) is 16.9 Å². The Morgan fingerprint density at radius 1 is 1.14 bits per heavy atom. The summed E-state index contributed by atoms with van der Waals surface area (Å²) in [7, 11) is 0. The Hall–Kier alpha value is -3.63. The zero-order valence-electron chi connectivity index (χ0n) is 15.1. The highest BCUT2D eigenvalue weighted by atomic mass is 32.2. The van der Waals surface area contributed by atoms with Crippen molar-refractivity contribution < 1.29 is 9.18 Å². The van der Waals surface area contributed by atoms with E-state index in [0.717, 1.165) is 16.5 Å². The van der Waals surface area contributed by atoms with E-state index in [9.17, 15) is 14.4 Å². The maximum absolute atomic E-state index is 13.1. The highest BCUT2D eigenvalue weighted by Crippen LogP contribution is 2.26. The fourth-order valence-electron chi connectivity index (χ4n) is 2.87. The molecule has 2 aromatic carbocycles. The van der Waals surface area contributed by atoms with Crippen molar-refractivity contribution in [3.63, 3.8) is 0 Å². The number of nitrogens with one attached hydrogen (secondary N) is 2. The Labute approximate surface area is 170 Å². The number of thioether (sulfide) groups is 1. The van der Waals surface area contributed by atoms with Crippen LogP contribution < -0.4 is 5.32 Å². The SMILES string of the molecule is N#Cc1ccc(-c2ccc(F)cc2)nc1SCC(=O)Nc1ccc2cc[nH]c2c1. The van der Waals surface area contributed by atoms with Crippen LogP contribution in [0.15, 0.2) is 71.9 Å². The minimum Gasteiger partial charge on any atom is -0.361 e. The molecule has 2 N–H and O–H groups in total. The number of halogens is 1. The van der Waals surface area contributed by atoms with E-state index >= 15 is 0 Å². The van der Waals surface area contributed by atoms with Gasteiger partial charge in [-0.15, -0.1) is 0 Å². The standard InChI is InChI=1S/C22H15FN4OS/c23-17-5-1-14(2-6-17)19-8-4-16(12-24)22(27-19)29-13-21(28)26-18-7-3-15-9-10-25-20(15)11-18/h1-11,25H,13H2,(H,26,28). The number of fused-ring (bicyclic) bond motifs is 1. The monoisotopic (exact) mass is 402 g/mol. The first kappa shape index (κ1) is 18.7. The molecule has 0 aliphatic heterocycles. The van der Waals surface area contributed by atoms with Gasteiger partial charge in [0.2, 0.25) is 5.91 Å². The highest BCUT2D eigenvalue weighted by molar-refractivity contribution is 8.00. The third-order valence-electron chi connectivity index (χ3n) is 4.30. The van der Waals surface area contributed by atoms with Crippen LogP contribution in [0.5, 0.6) is 0 Å². The largest absolute Gasteiger partial charge is 0.361 e. The molecule has 0 radical (unpaired) electrons. The molecule has 1 amide bonds. The number of hydrogen-bond donors (Lipinski definition) is 2. The van der Waals surface area contributed by atoms with E-state index in [1.165, 1.54) is 23.9 Å². The predicted octanol–water partition coefficient (Wildman–Crippen LogP) is 4.97. The zero-order valence-corrected chi connectivity index (χ0v) is 16.0. The molecule has 0 aliphatic rings. The molecular weight excluding hydrogens is 387 g/mol. The number of pyridine rings is 1. The third kappa shape index (κ3) is 4.28. The molecule has 0 spiro atoms. The van der Waals surface area contributed by atoms with Gasteiger partial charge in [0.15, 0.2) is 0 Å². The summed E-state index contributed by atoms with van der Waals surface area (Å²) < 4.78 is 13.1. The molecule has 5 nitrogen and oxygen atoms in total. The van der Waals surface area contributed by atoms with Crippen molar-refractivity contribution >= 4 is 34.3 Å². The summed E-state index contributed by atoms with van der Waals surface area (Å²) in [6.45, 7) is 0. The number of benzene rings is 2. The molecule has 7 heteroatoms. The minimum absolute atomic E-state index is 0.108. The van der Waals surface area contributed by atoms with Crippen LogP contribution in [0.1, 0.15) is 5.56 Å². The number of carbonyl (C=O) groups excluding carboxylic acids is 1. The number of amides is 1. The molecule has 142 valence electrons. The molecule has 0 saturated carbocycles. The van der Waals surface area contributed by atoms with Crippen LogP contribution in [0.4, 0.5) is 10.1 Å². The summed E-state index contributed by atoms with van der Waals surface area (Å²) >= 11 is 1.19. The van der Waals surface area contributed by atoms with Gasteiger partial charge in [-0.25, -0.2) is 9.37 Å². The summed E-state index contributed by atoms with van der Waals surface area (Å²) in [6.07, 6.45) is 1.84. The molecule has 0 fully saturated rings. The van der Waals surface area contributed by atoms with Gasteiger partial charge in [0, 0.05) is 23.0 Å². The zero-order chi connectivity index (χ0) is 20.2. The van der Waals surface area contributed by atoms with Gasteiger partial charge in [-0.3, -0.25) is 4.79 Å². The molecule has 2 heterocycles. The predicted molar refractivity (Wildman–Crippen MR) is 112 cm³/mol. The van der Waals surface area contributed by atoms with Crippen LogP contribution in [0.3, 0.4) is 0 Å². The lowest BCUT2D eigenvalue weighted by atomic mass is 10.1. The number of nitrogens with zero attached hydrogens (tertiary/aromatic N) is 2. The molecule has 0 atom stereocenters. The first-order valence-electron chi connectivity index (χ1n) is 8.79. The lowest BCUT2D eigenvalue weighted by Crippen LogP contribution is -2.14. The molecule has 0 saturated heterocycles. The van der Waals surface area contributed by atoms with Crippen molar-refractivity contribution in [3.05, 3.63) is 78.2 Å². The van der Waals surface area contributed by atoms with Crippen LogP contribution >= 0.6 is 11.8 Å². The topological polar surface area (TPSA) is 81.6 Å². The normalized spacial score (nSPS) is 10.6. The second kappa shape index (κ2) is 8.17. The molecule has 4 aromatic rings. The highest BCUT2D eigenvalue weighted by Gasteiger charge is 2.11. The van der Waals surface area contributed by atoms with Gasteiger partial charge in [-0.1, -0.05) is 17.8 Å². The van der Waals surface area contributed by atoms with Gasteiger partial charge in [-0.2, -0.15) is 5.26 Å². The van der Waals surface area contributed by atoms with Crippen molar-refractivity contribution in [2.24, 2.45) is 0 Å². The van der Waals surface area contributed by atoms with Crippen molar-refractivity contribution in [2.75, 3.05) is 11.1 Å². The average Bonchev–Trinajstić information content (AvgIpc) is 3.20. The number of carbonyl (C=O) groups is 1. The fourth-order valence-corrected chi connectivity index (χ4v) is 3.65. The Morgan fingerprint density at radius 3 is 2.76 bits per heavy atom. The Balaban J connectivity index is 1.47. The molecule has 0 bridgehead atoms. The first-order chi connectivity index (χ1) is 14.1. The Kier molecular flexibility index (Phi) is 5.27. The van der Waals surface area contributed by atoms with Gasteiger partial charge in [-0.05, 0) is 60.0 Å². The summed E-state index contributed by atoms with van der Waals surface area (Å²) in [5, 5.41) is 13.7. The van der Waals surface area contributed by atoms with Crippen molar-refractivity contribution in [2.45, 2.75) is 5.03 Å². The van der Waals surface area contributed by atoms with Crippen LogP contribution in [-0.4, -0.2) is 21.6 Å². The minimum atomic E-state index is -0.328. The second-order valence-corrected chi connectivity index (χ2v) is 7.25. The molecule has 0 unspecified atom stereocenters. The van der Waals surface area contributed by atoms with Gasteiger partial charge >= 0.3 is 0 Å². The Morgan fingerprint density at radius 2 is 1.97 bits per heavy atom. The molecule has 2 aromatic heterocycles. The van der Waals surface area contributed by atoms with Gasteiger partial charge < -0.3 is 10.3 Å². The van der Waals surface area contributed by atoms with Crippen LogP contribution in [0.2, 0.25) is 0 Å². The van der Waals surface area contributed by atoms with E-state index in [1.54, 1.807) is 24.3 Å². The fraction of sp³-hybridized carbons (Fsp3) is 0.0455. The summed E-state index contributed by atoms with van der Waals surface area (Å²) in [6, 6.07) is 19.0. The maximum atomic E-state index is 13.1. The van der Waals surface area contributed by atoms with E-state index in [2.05, 4.69) is 21.4 Å². The average molecular weight is 402 g/mol. The van der Waals surface area contributed by atoms with E-state index in [0.29, 0.717) is 22.0 Å². The maximum Gasteiger partial charge on any atom is 0.234 e. The number of H-pyrrole nitrogens is 1. The second-order valence-electron chi connectivity index (χ2n) is 6.28. The smallest absolute Gasteiger partial charge is 0.234 e. The third-order valence-corrected chi connectivity index (χ3v) is 5.29. The number of hydrogen-bond acceptors (Lipinski definition) is 4. The van der Waals surface area contributed by atoms with Crippen LogP contribution in [-0.2, 0) is 4.79 Å². The van der Waals surface area contributed by atoms with E-state index < -0.39 is 0 Å². The molecule has 0 aliphatic carbocycles. The number of nitriles is 1. The van der Waals surface area contributed by atoms with Crippen LogP contribution in [0, 0.1) is 17.1 Å². The van der Waals surface area contributed by atoms with Crippen molar-refractivity contribution in [3.8, 4) is 17.3 Å². The van der Waals surface area contributed by atoms with Crippen molar-refractivity contribution in [1.29, 1.82) is 5.26 Å². The number of rotatable bonds is 5. The summed E-state index contributed by atoms with van der Waals surface area (Å²) in [5.41, 5.74) is 3.38. The molecule has 4 rings (SSSR count). The van der Waals surface area contributed by atoms with E-state index in [1.807, 2.05) is 30.5 Å². The van der Waals surface area contributed by atoms with Crippen LogP contribution in [0.25, 0.3) is 22.2 Å². The molecule has 29 heavy (non-hydrogen) atoms. The van der Waals surface area contributed by atoms with Crippen molar-refractivity contribution in [1.82, 2.24) is 9.97 Å².